The molecule has 0 radical (unpaired) electrons. The lowest BCUT2D eigenvalue weighted by Gasteiger charge is -2.03. The minimum Gasteiger partial charge on any atom is -0.480 e. The molecule has 0 fully saturated rings. The maximum absolute atomic E-state index is 10.8. The zero-order valence-electron chi connectivity index (χ0n) is 8.51. The second-order valence-electron chi connectivity index (χ2n) is 3.46. The molecule has 1 aromatic carbocycles. The Morgan fingerprint density at radius 2 is 2.31 bits per heavy atom. The predicted octanol–water partition coefficient (Wildman–Crippen LogP) is 1.31. The Morgan fingerprint density at radius 3 is 2.94 bits per heavy atom. The molecule has 1 atom stereocenters. The topological polar surface area (TPSA) is 81.1 Å². The van der Waals surface area contributed by atoms with Crippen molar-refractivity contribution < 1.29 is 9.90 Å². The molecule has 16 heavy (non-hydrogen) atoms. The van der Waals surface area contributed by atoms with E-state index in [1.165, 1.54) is 0 Å². The molecule has 0 saturated heterocycles. The number of rotatable bonds is 2. The quantitative estimate of drug-likeness (QED) is 0.828. The summed E-state index contributed by atoms with van der Waals surface area (Å²) in [6.07, 6.45) is 0. The number of hydrogen-bond donors (Lipinski definition) is 2. The minimum absolute atomic E-state index is 0.288. The Balaban J connectivity index is 2.76. The Hall–Kier alpha value is -1.59. The number of halogens is 1. The predicted molar refractivity (Wildman–Crippen MR) is 60.3 cm³/mol. The number of aliphatic carboxylic acids is 1. The standard InChI is InChI=1S/C10H10ClN3O2/c1-14-6-4-2-3-5(11)7(6)9(13-14)8(12)10(15)16/h2-4,8H,12H2,1H3,(H,15,16). The number of nitrogens with zero attached hydrogens (tertiary/aromatic N) is 2. The zero-order valence-corrected chi connectivity index (χ0v) is 9.27. The Bertz CT molecular complexity index is 564. The van der Waals surface area contributed by atoms with Crippen LogP contribution < -0.4 is 5.73 Å². The minimum atomic E-state index is -1.16. The number of carboxylic acid groups (broad SMARTS) is 1. The van der Waals surface area contributed by atoms with Gasteiger partial charge in [-0.05, 0) is 12.1 Å². The molecule has 1 unspecified atom stereocenters. The molecule has 0 aliphatic heterocycles. The lowest BCUT2D eigenvalue weighted by atomic mass is 10.1. The van der Waals surface area contributed by atoms with Crippen LogP contribution in [-0.4, -0.2) is 20.9 Å². The van der Waals surface area contributed by atoms with E-state index in [2.05, 4.69) is 5.10 Å². The lowest BCUT2D eigenvalue weighted by Crippen LogP contribution is -2.21. The van der Waals surface area contributed by atoms with E-state index >= 15 is 0 Å². The number of aromatic nitrogens is 2. The van der Waals surface area contributed by atoms with E-state index in [-0.39, 0.29) is 5.69 Å². The lowest BCUT2D eigenvalue weighted by molar-refractivity contribution is -0.138. The van der Waals surface area contributed by atoms with Crippen molar-refractivity contribution in [2.75, 3.05) is 0 Å². The fourth-order valence-electron chi connectivity index (χ4n) is 1.64. The van der Waals surface area contributed by atoms with Crippen LogP contribution in [0.5, 0.6) is 0 Å². The highest BCUT2D eigenvalue weighted by Gasteiger charge is 2.22. The number of nitrogens with two attached hydrogens (primary N) is 1. The molecule has 6 heteroatoms. The normalized spacial score (nSPS) is 12.9. The second-order valence-corrected chi connectivity index (χ2v) is 3.87. The van der Waals surface area contributed by atoms with E-state index in [4.69, 9.17) is 22.4 Å². The van der Waals surface area contributed by atoms with Gasteiger partial charge in [-0.25, -0.2) is 0 Å². The third-order valence-corrected chi connectivity index (χ3v) is 2.73. The first-order valence-electron chi connectivity index (χ1n) is 4.62. The molecule has 1 heterocycles. The van der Waals surface area contributed by atoms with Gasteiger partial charge in [0, 0.05) is 12.4 Å². The summed E-state index contributed by atoms with van der Waals surface area (Å²) < 4.78 is 1.57. The summed E-state index contributed by atoms with van der Waals surface area (Å²) in [6, 6.07) is 4.11. The van der Waals surface area contributed by atoms with Gasteiger partial charge in [-0.1, -0.05) is 17.7 Å². The van der Waals surface area contributed by atoms with Crippen LogP contribution >= 0.6 is 11.6 Å². The van der Waals surface area contributed by atoms with Crippen molar-refractivity contribution in [1.82, 2.24) is 9.78 Å². The summed E-state index contributed by atoms with van der Waals surface area (Å²) in [5.41, 5.74) is 6.60. The van der Waals surface area contributed by atoms with Gasteiger partial charge in [-0.3, -0.25) is 9.48 Å². The molecule has 5 nitrogen and oxygen atoms in total. The van der Waals surface area contributed by atoms with Gasteiger partial charge in [0.1, 0.15) is 6.04 Å². The fraction of sp³-hybridized carbons (Fsp3) is 0.200. The highest BCUT2D eigenvalue weighted by Crippen LogP contribution is 2.29. The molecule has 0 saturated carbocycles. The third kappa shape index (κ3) is 1.54. The van der Waals surface area contributed by atoms with Crippen LogP contribution in [0.2, 0.25) is 5.02 Å². The van der Waals surface area contributed by atoms with E-state index in [1.807, 2.05) is 6.07 Å². The van der Waals surface area contributed by atoms with Gasteiger partial charge in [-0.15, -0.1) is 0 Å². The number of hydrogen-bond acceptors (Lipinski definition) is 3. The van der Waals surface area contributed by atoms with E-state index < -0.39 is 12.0 Å². The Morgan fingerprint density at radius 1 is 1.62 bits per heavy atom. The van der Waals surface area contributed by atoms with Gasteiger partial charge >= 0.3 is 5.97 Å². The van der Waals surface area contributed by atoms with Crippen molar-refractivity contribution in [2.45, 2.75) is 6.04 Å². The molecule has 2 rings (SSSR count). The molecule has 84 valence electrons. The third-order valence-electron chi connectivity index (χ3n) is 2.41. The zero-order chi connectivity index (χ0) is 11.9. The molecule has 1 aromatic heterocycles. The van der Waals surface area contributed by atoms with E-state index in [9.17, 15) is 4.79 Å². The molecule has 0 spiro atoms. The van der Waals surface area contributed by atoms with Crippen molar-refractivity contribution in [2.24, 2.45) is 12.8 Å². The summed E-state index contributed by atoms with van der Waals surface area (Å²) in [7, 11) is 1.72. The van der Waals surface area contributed by atoms with Gasteiger partial charge in [0.15, 0.2) is 0 Å². The molecular weight excluding hydrogens is 230 g/mol. The van der Waals surface area contributed by atoms with Gasteiger partial charge in [-0.2, -0.15) is 5.10 Å². The van der Waals surface area contributed by atoms with Crippen LogP contribution in [0, 0.1) is 0 Å². The molecule has 0 bridgehead atoms. The Kier molecular flexibility index (Phi) is 2.57. The molecule has 2 aromatic rings. The summed E-state index contributed by atoms with van der Waals surface area (Å²) in [5.74, 6) is -1.13. The average Bonchev–Trinajstić information content (AvgIpc) is 2.57. The summed E-state index contributed by atoms with van der Waals surface area (Å²) in [5, 5.41) is 14.0. The first kappa shape index (κ1) is 10.9. The Labute approximate surface area is 96.4 Å². The van der Waals surface area contributed by atoms with Crippen LogP contribution in [0.3, 0.4) is 0 Å². The second kappa shape index (κ2) is 3.77. The highest BCUT2D eigenvalue weighted by molar-refractivity contribution is 6.35. The average molecular weight is 240 g/mol. The van der Waals surface area contributed by atoms with Gasteiger partial charge in [0.2, 0.25) is 0 Å². The number of benzene rings is 1. The summed E-state index contributed by atoms with van der Waals surface area (Å²) >= 11 is 6.02. The smallest absolute Gasteiger partial charge is 0.326 e. The fourth-order valence-corrected chi connectivity index (χ4v) is 1.90. The largest absolute Gasteiger partial charge is 0.480 e. The van der Waals surface area contributed by atoms with E-state index in [1.54, 1.807) is 23.9 Å². The number of fused-ring (bicyclic) bond motifs is 1. The van der Waals surface area contributed by atoms with Crippen LogP contribution in [0.25, 0.3) is 10.9 Å². The van der Waals surface area contributed by atoms with Gasteiger partial charge in [0.05, 0.1) is 16.2 Å². The van der Waals surface area contributed by atoms with Crippen molar-refractivity contribution in [3.05, 3.63) is 28.9 Å². The first-order valence-corrected chi connectivity index (χ1v) is 4.99. The van der Waals surface area contributed by atoms with Crippen molar-refractivity contribution in [1.29, 1.82) is 0 Å². The number of carbonyl (C=O) groups is 1. The van der Waals surface area contributed by atoms with Crippen molar-refractivity contribution in [3.63, 3.8) is 0 Å². The molecule has 0 aliphatic carbocycles. The van der Waals surface area contributed by atoms with Gasteiger partial charge in [0.25, 0.3) is 0 Å². The summed E-state index contributed by atoms with van der Waals surface area (Å²) in [4.78, 5) is 10.8. The van der Waals surface area contributed by atoms with Crippen LogP contribution in [0.1, 0.15) is 11.7 Å². The van der Waals surface area contributed by atoms with Crippen LogP contribution in [-0.2, 0) is 11.8 Å². The maximum atomic E-state index is 10.8. The SMILES string of the molecule is Cn1nc(C(N)C(=O)O)c2c(Cl)cccc21. The first-order chi connectivity index (χ1) is 7.52. The highest BCUT2D eigenvalue weighted by atomic mass is 35.5. The van der Waals surface area contributed by atoms with Gasteiger partial charge < -0.3 is 10.8 Å². The maximum Gasteiger partial charge on any atom is 0.326 e. The van der Waals surface area contributed by atoms with Crippen LogP contribution in [0.15, 0.2) is 18.2 Å². The monoisotopic (exact) mass is 239 g/mol. The number of aryl methyl sites for hydroxylation is 1. The molecule has 0 amide bonds. The van der Waals surface area contributed by atoms with Crippen LogP contribution in [0.4, 0.5) is 0 Å². The van der Waals surface area contributed by atoms with E-state index in [0.717, 1.165) is 5.52 Å². The van der Waals surface area contributed by atoms with Crippen molar-refractivity contribution >= 4 is 28.5 Å². The molecule has 0 aliphatic rings. The van der Waals surface area contributed by atoms with E-state index in [0.29, 0.717) is 10.4 Å². The summed E-state index contributed by atoms with van der Waals surface area (Å²) in [6.45, 7) is 0. The number of carboxylic acids is 1. The molecule has 3 N–H and O–H groups in total. The molecular formula is C10H10ClN3O2. The van der Waals surface area contributed by atoms with Crippen molar-refractivity contribution in [3.8, 4) is 0 Å².